The molecule has 6 rings (SSSR count). The number of ether oxygens (including phenoxy) is 2. The summed E-state index contributed by atoms with van der Waals surface area (Å²) in [4.78, 5) is 19.0. The Kier molecular flexibility index (Phi) is 7.08. The minimum absolute atomic E-state index is 0.0866. The third kappa shape index (κ3) is 5.41. The number of nitrogens with one attached hydrogen (secondary N) is 1. The Morgan fingerprint density at radius 3 is 2.49 bits per heavy atom. The summed E-state index contributed by atoms with van der Waals surface area (Å²) in [5, 5.41) is 0. The number of hydrogen-bond acceptors (Lipinski definition) is 7. The summed E-state index contributed by atoms with van der Waals surface area (Å²) >= 11 is 0. The fourth-order valence-electron chi connectivity index (χ4n) is 4.66. The molecule has 1 aromatic heterocycles. The van der Waals surface area contributed by atoms with Gasteiger partial charge in [0.2, 0.25) is 5.82 Å². The monoisotopic (exact) mass is 536 g/mol. The Balaban J connectivity index is 1.24. The lowest BCUT2D eigenvalue weighted by molar-refractivity contribution is -0.0214. The predicted octanol–water partition coefficient (Wildman–Crippen LogP) is 3.04. The van der Waals surface area contributed by atoms with Crippen molar-refractivity contribution in [2.24, 2.45) is 5.92 Å². The van der Waals surface area contributed by atoms with E-state index < -0.39 is 45.2 Å². The minimum atomic E-state index is -4.20. The van der Waals surface area contributed by atoms with E-state index in [0.29, 0.717) is 30.4 Å². The SMILES string of the molecule is CC[C@@H](Oc1ccc(C(=O)NS(=O)(=O)N2CC3CC(C2)N3C)c(F)c1F)c1ccc(OCC2CC2)cn1. The highest BCUT2D eigenvalue weighted by Gasteiger charge is 2.46. The second kappa shape index (κ2) is 10.1. The lowest BCUT2D eigenvalue weighted by Gasteiger charge is -2.53. The number of hydrogen-bond donors (Lipinski definition) is 1. The first-order valence-electron chi connectivity index (χ1n) is 12.4. The average Bonchev–Trinajstić information content (AvgIpc) is 3.73. The zero-order valence-corrected chi connectivity index (χ0v) is 21.5. The Morgan fingerprint density at radius 2 is 1.89 bits per heavy atom. The molecule has 2 bridgehead atoms. The Morgan fingerprint density at radius 1 is 1.16 bits per heavy atom. The highest BCUT2D eigenvalue weighted by molar-refractivity contribution is 7.87. The zero-order valence-electron chi connectivity index (χ0n) is 20.7. The van der Waals surface area contributed by atoms with Crippen molar-refractivity contribution in [1.29, 1.82) is 0 Å². The summed E-state index contributed by atoms with van der Waals surface area (Å²) in [5.41, 5.74) is -0.213. The quantitative estimate of drug-likeness (QED) is 0.498. The molecule has 12 heteroatoms. The van der Waals surface area contributed by atoms with Crippen LogP contribution in [0.5, 0.6) is 11.5 Å². The maximum absolute atomic E-state index is 14.9. The van der Waals surface area contributed by atoms with Gasteiger partial charge in [-0.1, -0.05) is 6.92 Å². The molecule has 1 saturated carbocycles. The van der Waals surface area contributed by atoms with Gasteiger partial charge in [-0.25, -0.2) is 9.11 Å². The first-order valence-corrected chi connectivity index (χ1v) is 13.9. The minimum Gasteiger partial charge on any atom is -0.492 e. The molecule has 0 radical (unpaired) electrons. The Labute approximate surface area is 214 Å². The maximum atomic E-state index is 14.9. The number of halogens is 2. The first-order chi connectivity index (χ1) is 17.7. The van der Waals surface area contributed by atoms with Gasteiger partial charge in [-0.15, -0.1) is 0 Å². The molecular formula is C25H30F2N4O5S. The van der Waals surface area contributed by atoms with Crippen LogP contribution in [0.15, 0.2) is 30.5 Å². The molecule has 1 aliphatic carbocycles. The molecule has 1 amide bonds. The standard InChI is InChI=1S/C25H30F2N4O5S/c1-3-21(20-8-6-18(11-28-20)35-14-15-4-5-15)36-22-9-7-19(23(26)24(22)27)25(32)29-37(33,34)31-12-16-10-17(13-31)30(16)2/h6-9,11,15-17,21H,3-5,10,12-14H2,1-2H3,(H,29,32)/t16?,17?,21-/m1/s1. The number of nitrogens with zero attached hydrogens (tertiary/aromatic N) is 3. The second-order valence-electron chi connectivity index (χ2n) is 9.89. The predicted molar refractivity (Wildman–Crippen MR) is 130 cm³/mol. The largest absolute Gasteiger partial charge is 0.492 e. The molecule has 3 atom stereocenters. The van der Waals surface area contributed by atoms with Crippen molar-refractivity contribution >= 4 is 16.1 Å². The summed E-state index contributed by atoms with van der Waals surface area (Å²) in [5.74, 6) is -3.29. The fourth-order valence-corrected chi connectivity index (χ4v) is 5.87. The zero-order chi connectivity index (χ0) is 26.3. The highest BCUT2D eigenvalue weighted by atomic mass is 32.2. The molecule has 1 N–H and O–H groups in total. The van der Waals surface area contributed by atoms with Crippen LogP contribution >= 0.6 is 0 Å². The molecule has 3 saturated heterocycles. The topological polar surface area (TPSA) is 101 Å². The van der Waals surface area contributed by atoms with Crippen molar-refractivity contribution in [3.05, 3.63) is 53.4 Å². The summed E-state index contributed by atoms with van der Waals surface area (Å²) < 4.78 is 69.5. The number of benzene rings is 1. The number of fused-ring (bicyclic) bond motifs is 2. The normalized spacial score (nSPS) is 22.7. The van der Waals surface area contributed by atoms with Crippen molar-refractivity contribution in [3.63, 3.8) is 0 Å². The van der Waals surface area contributed by atoms with Gasteiger partial charge in [0.25, 0.3) is 5.91 Å². The van der Waals surface area contributed by atoms with E-state index in [0.717, 1.165) is 22.9 Å². The van der Waals surface area contributed by atoms with Gasteiger partial charge in [0.05, 0.1) is 24.1 Å². The van der Waals surface area contributed by atoms with Gasteiger partial charge < -0.3 is 9.47 Å². The number of piperidine rings is 1. The maximum Gasteiger partial charge on any atom is 0.304 e. The Bertz CT molecular complexity index is 1260. The van der Waals surface area contributed by atoms with Crippen LogP contribution in [0, 0.1) is 17.6 Å². The molecule has 9 nitrogen and oxygen atoms in total. The van der Waals surface area contributed by atoms with Crippen molar-refractivity contribution in [2.75, 3.05) is 26.7 Å². The lowest BCUT2D eigenvalue weighted by atomic mass is 9.90. The van der Waals surface area contributed by atoms with Gasteiger partial charge in [-0.05, 0) is 62.9 Å². The van der Waals surface area contributed by atoms with Crippen LogP contribution in [0.3, 0.4) is 0 Å². The number of carbonyl (C=O) groups is 1. The van der Waals surface area contributed by atoms with Gasteiger partial charge in [0.1, 0.15) is 11.9 Å². The van der Waals surface area contributed by atoms with E-state index in [2.05, 4.69) is 9.88 Å². The van der Waals surface area contributed by atoms with Crippen molar-refractivity contribution in [2.45, 2.75) is 50.8 Å². The number of aromatic nitrogens is 1. The fraction of sp³-hybridized carbons (Fsp3) is 0.520. The number of pyridine rings is 1. The van der Waals surface area contributed by atoms with Crippen molar-refractivity contribution < 1.29 is 31.5 Å². The average molecular weight is 537 g/mol. The lowest BCUT2D eigenvalue weighted by Crippen LogP contribution is -2.68. The van der Waals surface area contributed by atoms with Crippen LogP contribution in [-0.2, 0) is 10.2 Å². The molecule has 2 unspecified atom stereocenters. The van der Waals surface area contributed by atoms with Crippen LogP contribution in [0.25, 0.3) is 0 Å². The van der Waals surface area contributed by atoms with Crippen LogP contribution < -0.4 is 14.2 Å². The second-order valence-corrected chi connectivity index (χ2v) is 11.6. The molecule has 3 aliphatic heterocycles. The summed E-state index contributed by atoms with van der Waals surface area (Å²) in [6, 6.07) is 5.76. The van der Waals surface area contributed by atoms with E-state index in [1.54, 1.807) is 18.3 Å². The van der Waals surface area contributed by atoms with E-state index in [9.17, 15) is 22.0 Å². The van der Waals surface area contributed by atoms with E-state index in [-0.39, 0.29) is 25.2 Å². The van der Waals surface area contributed by atoms with Crippen LogP contribution in [0.4, 0.5) is 8.78 Å². The number of amides is 1. The number of carbonyl (C=O) groups excluding carboxylic acids is 1. The molecule has 2 aromatic rings. The Hall–Kier alpha value is -2.83. The number of rotatable bonds is 10. The van der Waals surface area contributed by atoms with Gasteiger partial charge in [0.15, 0.2) is 11.6 Å². The molecule has 4 heterocycles. The molecular weight excluding hydrogens is 506 g/mol. The summed E-state index contributed by atoms with van der Waals surface area (Å²) in [6.45, 7) is 2.93. The highest BCUT2D eigenvalue weighted by Crippen LogP contribution is 2.33. The first kappa shape index (κ1) is 25.8. The number of likely N-dealkylation sites (N-methyl/N-ethyl adjacent to an activating group) is 1. The van der Waals surface area contributed by atoms with Gasteiger partial charge >= 0.3 is 10.2 Å². The molecule has 200 valence electrons. The molecule has 1 aromatic carbocycles. The number of piperazine rings is 1. The summed E-state index contributed by atoms with van der Waals surface area (Å²) in [7, 11) is -2.28. The van der Waals surface area contributed by atoms with Gasteiger partial charge in [-0.3, -0.25) is 14.7 Å². The summed E-state index contributed by atoms with van der Waals surface area (Å²) in [6.07, 6.45) is 4.56. The van der Waals surface area contributed by atoms with Crippen LogP contribution in [-0.4, -0.2) is 67.3 Å². The van der Waals surface area contributed by atoms with Crippen LogP contribution in [0.2, 0.25) is 0 Å². The third-order valence-electron chi connectivity index (χ3n) is 7.29. The molecule has 37 heavy (non-hydrogen) atoms. The van der Waals surface area contributed by atoms with E-state index in [1.165, 1.54) is 12.8 Å². The molecule has 4 aliphatic rings. The van der Waals surface area contributed by atoms with Gasteiger partial charge in [0, 0.05) is 25.2 Å². The van der Waals surface area contributed by atoms with Crippen LogP contribution in [0.1, 0.15) is 54.8 Å². The van der Waals surface area contributed by atoms with Crippen molar-refractivity contribution in [3.8, 4) is 11.5 Å². The van der Waals surface area contributed by atoms with Crippen molar-refractivity contribution in [1.82, 2.24) is 18.9 Å². The van der Waals surface area contributed by atoms with E-state index in [1.807, 2.05) is 18.7 Å². The third-order valence-corrected chi connectivity index (χ3v) is 8.71. The smallest absolute Gasteiger partial charge is 0.304 e. The molecule has 0 spiro atoms. The van der Waals surface area contributed by atoms with Gasteiger partial charge in [-0.2, -0.15) is 17.1 Å². The van der Waals surface area contributed by atoms with E-state index in [4.69, 9.17) is 9.47 Å². The molecule has 4 fully saturated rings. The van der Waals surface area contributed by atoms with E-state index >= 15 is 0 Å².